The van der Waals surface area contributed by atoms with Gasteiger partial charge >= 0.3 is 0 Å². The van der Waals surface area contributed by atoms with Gasteiger partial charge in [0.2, 0.25) is 0 Å². The van der Waals surface area contributed by atoms with Gasteiger partial charge in [0.05, 0.1) is 13.7 Å². The number of benzene rings is 1. The molecule has 0 fully saturated rings. The fourth-order valence-corrected chi connectivity index (χ4v) is 2.68. The fraction of sp³-hybridized carbons (Fsp3) is 0.600. The number of rotatable bonds is 9. The van der Waals surface area contributed by atoms with Crippen LogP contribution in [0.2, 0.25) is 0 Å². The molecule has 108 valence electrons. The van der Waals surface area contributed by atoms with Gasteiger partial charge in [-0.05, 0) is 56.8 Å². The van der Waals surface area contributed by atoms with Crippen LogP contribution in [0.5, 0.6) is 5.75 Å². The SMILES string of the molecule is CNC(C)(CO)CCCCSc1ccc(OC)cc1. The number of aliphatic hydroxyl groups is 1. The van der Waals surface area contributed by atoms with E-state index in [9.17, 15) is 5.11 Å². The van der Waals surface area contributed by atoms with Crippen molar-refractivity contribution < 1.29 is 9.84 Å². The average Bonchev–Trinajstić information content (AvgIpc) is 2.47. The third-order valence-corrected chi connectivity index (χ3v) is 4.50. The summed E-state index contributed by atoms with van der Waals surface area (Å²) in [5.74, 6) is 2.01. The van der Waals surface area contributed by atoms with Gasteiger partial charge in [-0.15, -0.1) is 11.8 Å². The molecule has 0 aliphatic rings. The first kappa shape index (κ1) is 16.3. The molecule has 0 saturated heterocycles. The third-order valence-electron chi connectivity index (χ3n) is 3.40. The first-order valence-electron chi connectivity index (χ1n) is 6.70. The fourth-order valence-electron chi connectivity index (χ4n) is 1.76. The largest absolute Gasteiger partial charge is 0.497 e. The molecule has 0 saturated carbocycles. The molecule has 1 aromatic carbocycles. The van der Waals surface area contributed by atoms with Gasteiger partial charge in [-0.3, -0.25) is 0 Å². The van der Waals surface area contributed by atoms with E-state index in [-0.39, 0.29) is 12.1 Å². The van der Waals surface area contributed by atoms with Crippen LogP contribution in [-0.4, -0.2) is 37.2 Å². The molecular weight excluding hydrogens is 258 g/mol. The zero-order valence-electron chi connectivity index (χ0n) is 12.1. The monoisotopic (exact) mass is 283 g/mol. The van der Waals surface area contributed by atoms with Crippen molar-refractivity contribution in [2.45, 2.75) is 36.6 Å². The Balaban J connectivity index is 2.20. The highest BCUT2D eigenvalue weighted by atomic mass is 32.2. The van der Waals surface area contributed by atoms with Crippen LogP contribution < -0.4 is 10.1 Å². The molecule has 0 aliphatic carbocycles. The predicted molar refractivity (Wildman–Crippen MR) is 82.1 cm³/mol. The molecule has 1 atom stereocenters. The summed E-state index contributed by atoms with van der Waals surface area (Å²) in [5, 5.41) is 12.5. The van der Waals surface area contributed by atoms with Crippen LogP contribution in [0.1, 0.15) is 26.2 Å². The van der Waals surface area contributed by atoms with Gasteiger partial charge in [0.1, 0.15) is 5.75 Å². The summed E-state index contributed by atoms with van der Waals surface area (Å²) in [6.45, 7) is 2.25. The van der Waals surface area contributed by atoms with Crippen LogP contribution in [-0.2, 0) is 0 Å². The Bertz CT molecular complexity index is 350. The van der Waals surface area contributed by atoms with Gasteiger partial charge in [-0.2, -0.15) is 0 Å². The van der Waals surface area contributed by atoms with Crippen molar-refractivity contribution in [2.75, 3.05) is 26.5 Å². The number of ether oxygens (including phenoxy) is 1. The summed E-state index contributed by atoms with van der Waals surface area (Å²) < 4.78 is 5.13. The number of likely N-dealkylation sites (N-methyl/N-ethyl adjacent to an activating group) is 1. The van der Waals surface area contributed by atoms with E-state index in [1.54, 1.807) is 7.11 Å². The Labute approximate surface area is 120 Å². The van der Waals surface area contributed by atoms with Crippen LogP contribution in [0.15, 0.2) is 29.2 Å². The maximum absolute atomic E-state index is 9.29. The summed E-state index contributed by atoms with van der Waals surface area (Å²) in [6.07, 6.45) is 3.29. The minimum Gasteiger partial charge on any atom is -0.497 e. The molecule has 0 aromatic heterocycles. The summed E-state index contributed by atoms with van der Waals surface area (Å²) in [4.78, 5) is 1.28. The van der Waals surface area contributed by atoms with E-state index in [1.807, 2.05) is 30.9 Å². The summed E-state index contributed by atoms with van der Waals surface area (Å²) >= 11 is 1.87. The van der Waals surface area contributed by atoms with E-state index in [0.29, 0.717) is 0 Å². The van der Waals surface area contributed by atoms with Crippen LogP contribution >= 0.6 is 11.8 Å². The number of methoxy groups -OCH3 is 1. The smallest absolute Gasteiger partial charge is 0.118 e. The second-order valence-electron chi connectivity index (χ2n) is 4.95. The van der Waals surface area contributed by atoms with E-state index in [0.717, 1.165) is 30.8 Å². The van der Waals surface area contributed by atoms with Crippen LogP contribution in [0.3, 0.4) is 0 Å². The molecule has 0 amide bonds. The van der Waals surface area contributed by atoms with Crippen molar-refractivity contribution in [3.8, 4) is 5.75 Å². The summed E-state index contributed by atoms with van der Waals surface area (Å²) in [7, 11) is 3.59. The van der Waals surface area contributed by atoms with Crippen LogP contribution in [0.25, 0.3) is 0 Å². The van der Waals surface area contributed by atoms with Crippen molar-refractivity contribution >= 4 is 11.8 Å². The van der Waals surface area contributed by atoms with Gasteiger partial charge < -0.3 is 15.2 Å². The lowest BCUT2D eigenvalue weighted by Crippen LogP contribution is -2.43. The molecule has 19 heavy (non-hydrogen) atoms. The van der Waals surface area contributed by atoms with E-state index in [1.165, 1.54) is 4.90 Å². The van der Waals surface area contributed by atoms with Crippen molar-refractivity contribution in [3.05, 3.63) is 24.3 Å². The first-order chi connectivity index (χ1) is 9.13. The Morgan fingerprint density at radius 1 is 1.26 bits per heavy atom. The Morgan fingerprint density at radius 3 is 2.47 bits per heavy atom. The molecule has 0 aliphatic heterocycles. The maximum Gasteiger partial charge on any atom is 0.118 e. The highest BCUT2D eigenvalue weighted by molar-refractivity contribution is 7.99. The number of aliphatic hydroxyl groups excluding tert-OH is 1. The lowest BCUT2D eigenvalue weighted by molar-refractivity contribution is 0.171. The highest BCUT2D eigenvalue weighted by Gasteiger charge is 2.19. The summed E-state index contributed by atoms with van der Waals surface area (Å²) in [6, 6.07) is 8.17. The number of hydrogen-bond acceptors (Lipinski definition) is 4. The van der Waals surface area contributed by atoms with Crippen LogP contribution in [0.4, 0.5) is 0 Å². The number of hydrogen-bond donors (Lipinski definition) is 2. The normalized spacial score (nSPS) is 14.1. The van der Waals surface area contributed by atoms with E-state index < -0.39 is 0 Å². The van der Waals surface area contributed by atoms with Crippen molar-refractivity contribution in [3.63, 3.8) is 0 Å². The van der Waals surface area contributed by atoms with Gasteiger partial charge in [0, 0.05) is 10.4 Å². The molecule has 1 aromatic rings. The molecule has 0 radical (unpaired) electrons. The van der Waals surface area contributed by atoms with Gasteiger partial charge in [-0.1, -0.05) is 6.42 Å². The van der Waals surface area contributed by atoms with Crippen molar-refractivity contribution in [2.24, 2.45) is 0 Å². The van der Waals surface area contributed by atoms with Gasteiger partial charge in [0.15, 0.2) is 0 Å². The maximum atomic E-state index is 9.29. The van der Waals surface area contributed by atoms with Crippen molar-refractivity contribution in [1.82, 2.24) is 5.32 Å². The lowest BCUT2D eigenvalue weighted by atomic mass is 9.96. The zero-order valence-corrected chi connectivity index (χ0v) is 12.9. The molecule has 1 unspecified atom stereocenters. The minimum absolute atomic E-state index is 0.134. The standard InChI is InChI=1S/C15H25NO2S/c1-15(12-17,16-2)10-4-5-11-19-14-8-6-13(18-3)7-9-14/h6-9,16-17H,4-5,10-12H2,1-3H3. The van der Waals surface area contributed by atoms with Crippen molar-refractivity contribution in [1.29, 1.82) is 0 Å². The zero-order chi connectivity index (χ0) is 14.1. The molecular formula is C15H25NO2S. The third kappa shape index (κ3) is 5.85. The topological polar surface area (TPSA) is 41.5 Å². The predicted octanol–water partition coefficient (Wildman–Crippen LogP) is 2.93. The molecule has 0 bridgehead atoms. The highest BCUT2D eigenvalue weighted by Crippen LogP contribution is 2.23. The number of nitrogens with one attached hydrogen (secondary N) is 1. The van der Waals surface area contributed by atoms with E-state index >= 15 is 0 Å². The number of unbranched alkanes of at least 4 members (excludes halogenated alkanes) is 1. The second kappa shape index (κ2) is 8.46. The molecule has 1 rings (SSSR count). The van der Waals surface area contributed by atoms with Crippen LogP contribution in [0, 0.1) is 0 Å². The lowest BCUT2D eigenvalue weighted by Gasteiger charge is -2.26. The molecule has 0 spiro atoms. The Hall–Kier alpha value is -0.710. The molecule has 4 heteroatoms. The first-order valence-corrected chi connectivity index (χ1v) is 7.69. The second-order valence-corrected chi connectivity index (χ2v) is 6.12. The Morgan fingerprint density at radius 2 is 1.95 bits per heavy atom. The summed E-state index contributed by atoms with van der Waals surface area (Å²) in [5.41, 5.74) is -0.134. The van der Waals surface area contributed by atoms with E-state index in [2.05, 4.69) is 24.4 Å². The van der Waals surface area contributed by atoms with Gasteiger partial charge in [-0.25, -0.2) is 0 Å². The minimum atomic E-state index is -0.134. The average molecular weight is 283 g/mol. The Kier molecular flexibility index (Phi) is 7.28. The molecule has 0 heterocycles. The molecule has 3 nitrogen and oxygen atoms in total. The quantitative estimate of drug-likeness (QED) is 0.540. The molecule has 2 N–H and O–H groups in total. The van der Waals surface area contributed by atoms with E-state index in [4.69, 9.17) is 4.74 Å². The number of thioether (sulfide) groups is 1. The van der Waals surface area contributed by atoms with Gasteiger partial charge in [0.25, 0.3) is 0 Å².